The number of nitrogens with zero attached hydrogens (tertiary/aromatic N) is 2. The number of aryl methyl sites for hydroxylation is 1. The largest absolute Gasteiger partial charge is 0.337 e. The maximum Gasteiger partial charge on any atom is 0.337 e. The summed E-state index contributed by atoms with van der Waals surface area (Å²) < 4.78 is 2.38. The van der Waals surface area contributed by atoms with Gasteiger partial charge in [-0.2, -0.15) is 0 Å². The van der Waals surface area contributed by atoms with Crippen LogP contribution in [0, 0.1) is 6.92 Å². The van der Waals surface area contributed by atoms with E-state index in [2.05, 4.69) is 5.32 Å². The average molecular weight is 426 g/mol. The van der Waals surface area contributed by atoms with Crippen molar-refractivity contribution in [1.82, 2.24) is 9.13 Å². The Morgan fingerprint density at radius 2 is 1.83 bits per heavy atom. The zero-order valence-electron chi connectivity index (χ0n) is 15.4. The first-order valence-electron chi connectivity index (χ1n) is 8.81. The van der Waals surface area contributed by atoms with Crippen molar-refractivity contribution in [2.75, 3.05) is 5.32 Å². The van der Waals surface area contributed by atoms with Crippen molar-refractivity contribution in [2.45, 2.75) is 13.5 Å². The fraction of sp³-hybridized carbons (Fsp3) is 0.0952. The minimum atomic E-state index is -0.588. The number of benzene rings is 2. The lowest BCUT2D eigenvalue weighted by atomic mass is 10.3. The van der Waals surface area contributed by atoms with Crippen LogP contribution in [0.15, 0.2) is 70.3 Å². The first-order valence-corrected chi connectivity index (χ1v) is 10.0. The van der Waals surface area contributed by atoms with Gasteiger partial charge in [-0.15, -0.1) is 11.3 Å². The van der Waals surface area contributed by atoms with Crippen molar-refractivity contribution in [2.24, 2.45) is 0 Å². The summed E-state index contributed by atoms with van der Waals surface area (Å²) in [6.07, 6.45) is 0. The smallest absolute Gasteiger partial charge is 0.325 e. The molecule has 0 bridgehead atoms. The number of carbonyl (C=O) groups is 1. The molecule has 4 rings (SSSR count). The first kappa shape index (κ1) is 19.2. The Morgan fingerprint density at radius 1 is 1.07 bits per heavy atom. The van der Waals surface area contributed by atoms with E-state index in [-0.39, 0.29) is 12.5 Å². The van der Waals surface area contributed by atoms with Gasteiger partial charge in [0.25, 0.3) is 5.56 Å². The molecule has 0 spiro atoms. The van der Waals surface area contributed by atoms with Crippen LogP contribution in [0.4, 0.5) is 5.69 Å². The highest BCUT2D eigenvalue weighted by Crippen LogP contribution is 2.22. The van der Waals surface area contributed by atoms with E-state index in [0.29, 0.717) is 26.6 Å². The van der Waals surface area contributed by atoms with Crippen molar-refractivity contribution < 1.29 is 4.79 Å². The maximum absolute atomic E-state index is 13.2. The monoisotopic (exact) mass is 425 g/mol. The number of fused-ring (bicyclic) bond motifs is 1. The standard InChI is InChI=1S/C21H16ClN3O3S/c1-13-10-17-19(27)25(16-9-5-6-14(22)11-16)21(28)24(20(17)29-13)12-18(26)23-15-7-3-2-4-8-15/h2-11H,12H2,1H3,(H,23,26). The number of halogens is 1. The quantitative estimate of drug-likeness (QED) is 0.540. The van der Waals surface area contributed by atoms with Crippen LogP contribution >= 0.6 is 22.9 Å². The van der Waals surface area contributed by atoms with Gasteiger partial charge < -0.3 is 5.32 Å². The summed E-state index contributed by atoms with van der Waals surface area (Å²) in [5.41, 5.74) is -0.0334. The molecular formula is C21H16ClN3O3S. The molecule has 4 aromatic rings. The number of aromatic nitrogens is 2. The fourth-order valence-corrected chi connectivity index (χ4v) is 4.29. The molecule has 0 radical (unpaired) electrons. The number of hydrogen-bond donors (Lipinski definition) is 1. The number of thiophene rings is 1. The SMILES string of the molecule is Cc1cc2c(=O)n(-c3cccc(Cl)c3)c(=O)n(CC(=O)Nc3ccccc3)c2s1. The van der Waals surface area contributed by atoms with Crippen molar-refractivity contribution in [1.29, 1.82) is 0 Å². The van der Waals surface area contributed by atoms with Crippen LogP contribution in [0.5, 0.6) is 0 Å². The number of anilines is 1. The molecule has 0 saturated carbocycles. The van der Waals surface area contributed by atoms with E-state index in [4.69, 9.17) is 11.6 Å². The number of rotatable bonds is 4. The molecule has 1 amide bonds. The molecule has 0 saturated heterocycles. The Morgan fingerprint density at radius 3 is 2.55 bits per heavy atom. The van der Waals surface area contributed by atoms with Gasteiger partial charge >= 0.3 is 5.69 Å². The first-order chi connectivity index (χ1) is 13.9. The van der Waals surface area contributed by atoms with Gasteiger partial charge in [0, 0.05) is 15.6 Å². The van der Waals surface area contributed by atoms with Crippen LogP contribution in [0.2, 0.25) is 5.02 Å². The van der Waals surface area contributed by atoms with E-state index in [1.54, 1.807) is 42.5 Å². The second-order valence-electron chi connectivity index (χ2n) is 6.48. The summed E-state index contributed by atoms with van der Waals surface area (Å²) in [7, 11) is 0. The summed E-state index contributed by atoms with van der Waals surface area (Å²) in [6.45, 7) is 1.64. The second-order valence-corrected chi connectivity index (χ2v) is 8.15. The molecule has 6 nitrogen and oxygen atoms in total. The molecule has 0 fully saturated rings. The van der Waals surface area contributed by atoms with Gasteiger partial charge in [0.1, 0.15) is 11.4 Å². The normalized spacial score (nSPS) is 11.0. The van der Waals surface area contributed by atoms with Crippen LogP contribution in [-0.4, -0.2) is 15.0 Å². The lowest BCUT2D eigenvalue weighted by Gasteiger charge is -2.12. The number of amides is 1. The van der Waals surface area contributed by atoms with E-state index < -0.39 is 11.2 Å². The predicted molar refractivity (Wildman–Crippen MR) is 117 cm³/mol. The zero-order chi connectivity index (χ0) is 20.5. The summed E-state index contributed by atoms with van der Waals surface area (Å²) in [5, 5.41) is 3.56. The predicted octanol–water partition coefficient (Wildman–Crippen LogP) is 3.81. The third-order valence-electron chi connectivity index (χ3n) is 4.36. The highest BCUT2D eigenvalue weighted by molar-refractivity contribution is 7.18. The molecule has 0 unspecified atom stereocenters. The van der Waals surface area contributed by atoms with Gasteiger partial charge in [-0.1, -0.05) is 35.9 Å². The molecule has 2 heterocycles. The third-order valence-corrected chi connectivity index (χ3v) is 5.67. The van der Waals surface area contributed by atoms with Gasteiger partial charge in [-0.05, 0) is 43.3 Å². The number of nitrogens with one attached hydrogen (secondary N) is 1. The minimum Gasteiger partial charge on any atom is -0.325 e. The Labute approximate surface area is 174 Å². The molecule has 8 heteroatoms. The molecule has 0 aliphatic heterocycles. The lowest BCUT2D eigenvalue weighted by molar-refractivity contribution is -0.116. The van der Waals surface area contributed by atoms with Crippen molar-refractivity contribution in [3.63, 3.8) is 0 Å². The molecule has 0 aliphatic rings. The van der Waals surface area contributed by atoms with Gasteiger partial charge in [-0.25, -0.2) is 9.36 Å². The molecule has 29 heavy (non-hydrogen) atoms. The zero-order valence-corrected chi connectivity index (χ0v) is 17.0. The van der Waals surface area contributed by atoms with E-state index in [9.17, 15) is 14.4 Å². The maximum atomic E-state index is 13.2. The van der Waals surface area contributed by atoms with Crippen molar-refractivity contribution in [3.8, 4) is 5.69 Å². The molecule has 1 N–H and O–H groups in total. The molecular weight excluding hydrogens is 410 g/mol. The van der Waals surface area contributed by atoms with Crippen LogP contribution in [0.3, 0.4) is 0 Å². The van der Waals surface area contributed by atoms with Crippen molar-refractivity contribution in [3.05, 3.63) is 91.4 Å². The highest BCUT2D eigenvalue weighted by Gasteiger charge is 2.18. The number of para-hydroxylation sites is 1. The van der Waals surface area contributed by atoms with Crippen molar-refractivity contribution >= 4 is 44.7 Å². The van der Waals surface area contributed by atoms with Crippen LogP contribution in [0.25, 0.3) is 15.9 Å². The Bertz CT molecular complexity index is 1340. The lowest BCUT2D eigenvalue weighted by Crippen LogP contribution is -2.40. The Balaban J connectivity index is 1.86. The van der Waals surface area contributed by atoms with Crippen LogP contribution in [-0.2, 0) is 11.3 Å². The van der Waals surface area contributed by atoms with Gasteiger partial charge in [-0.3, -0.25) is 14.2 Å². The summed E-state index contributed by atoms with van der Waals surface area (Å²) in [5.74, 6) is -0.359. The summed E-state index contributed by atoms with van der Waals surface area (Å²) in [4.78, 5) is 40.2. The summed E-state index contributed by atoms with van der Waals surface area (Å²) >= 11 is 7.36. The molecule has 146 valence electrons. The van der Waals surface area contributed by atoms with Gasteiger partial charge in [0.2, 0.25) is 5.91 Å². The number of hydrogen-bond acceptors (Lipinski definition) is 4. The number of carbonyl (C=O) groups excluding carboxylic acids is 1. The minimum absolute atomic E-state index is 0.217. The van der Waals surface area contributed by atoms with E-state index in [1.165, 1.54) is 15.9 Å². The van der Waals surface area contributed by atoms with Gasteiger partial charge in [0.05, 0.1) is 11.1 Å². The topological polar surface area (TPSA) is 73.1 Å². The fourth-order valence-electron chi connectivity index (χ4n) is 3.12. The molecule has 2 aromatic heterocycles. The molecule has 0 aliphatic carbocycles. The van der Waals surface area contributed by atoms with Crippen LogP contribution < -0.4 is 16.6 Å². The molecule has 0 atom stereocenters. The summed E-state index contributed by atoms with van der Waals surface area (Å²) in [6, 6.07) is 17.2. The Kier molecular flexibility index (Phi) is 5.08. The second kappa shape index (κ2) is 7.69. The average Bonchev–Trinajstić information content (AvgIpc) is 3.08. The van der Waals surface area contributed by atoms with E-state index >= 15 is 0 Å². The van der Waals surface area contributed by atoms with Gasteiger partial charge in [0.15, 0.2) is 0 Å². The van der Waals surface area contributed by atoms with E-state index in [1.807, 2.05) is 25.1 Å². The van der Waals surface area contributed by atoms with E-state index in [0.717, 1.165) is 9.44 Å². The van der Waals surface area contributed by atoms with Crippen LogP contribution in [0.1, 0.15) is 4.88 Å². The third kappa shape index (κ3) is 3.74. The Hall–Kier alpha value is -3.16. The highest BCUT2D eigenvalue weighted by atomic mass is 35.5. The molecule has 2 aromatic carbocycles.